The minimum atomic E-state index is -0.583. The summed E-state index contributed by atoms with van der Waals surface area (Å²) in [4.78, 5) is 48.1. The zero-order valence-electron chi connectivity index (χ0n) is 15.8. The monoisotopic (exact) mass is 438 g/mol. The fraction of sp³-hybridized carbons (Fsp3) is 0.143. The third-order valence-electron chi connectivity index (χ3n) is 4.85. The van der Waals surface area contributed by atoms with Gasteiger partial charge in [-0.15, -0.1) is 0 Å². The van der Waals surface area contributed by atoms with E-state index in [1.54, 1.807) is 36.4 Å². The molecule has 1 unspecified atom stereocenters. The highest BCUT2D eigenvalue weighted by atomic mass is 32.2. The highest BCUT2D eigenvalue weighted by molar-refractivity contribution is 8.15. The van der Waals surface area contributed by atoms with Crippen molar-refractivity contribution in [3.63, 3.8) is 0 Å². The van der Waals surface area contributed by atoms with Crippen molar-refractivity contribution in [2.45, 2.75) is 11.7 Å². The van der Waals surface area contributed by atoms with Crippen LogP contribution in [0.1, 0.15) is 16.1 Å². The molecule has 9 nitrogen and oxygen atoms in total. The molecule has 1 aromatic heterocycles. The Morgan fingerprint density at radius 2 is 1.90 bits per heavy atom. The smallest absolute Gasteiger partial charge is 0.291 e. The molecule has 1 atom stereocenters. The lowest BCUT2D eigenvalue weighted by atomic mass is 10.1. The van der Waals surface area contributed by atoms with Gasteiger partial charge in [0.25, 0.3) is 11.1 Å². The zero-order chi connectivity index (χ0) is 21.5. The van der Waals surface area contributed by atoms with Crippen molar-refractivity contribution in [3.8, 4) is 11.5 Å². The number of hydrogen-bond donors (Lipinski definition) is 2. The van der Waals surface area contributed by atoms with E-state index in [0.717, 1.165) is 23.4 Å². The molecule has 0 saturated carbocycles. The number of ether oxygens (including phenoxy) is 2. The maximum absolute atomic E-state index is 12.6. The van der Waals surface area contributed by atoms with Gasteiger partial charge in [0.1, 0.15) is 11.0 Å². The lowest BCUT2D eigenvalue weighted by Crippen LogP contribution is -2.25. The van der Waals surface area contributed by atoms with Crippen LogP contribution in [0.3, 0.4) is 0 Å². The van der Waals surface area contributed by atoms with Gasteiger partial charge in [-0.25, -0.2) is 0 Å². The quantitative estimate of drug-likeness (QED) is 0.637. The summed E-state index contributed by atoms with van der Waals surface area (Å²) < 4.78 is 16.2. The summed E-state index contributed by atoms with van der Waals surface area (Å²) in [6.07, 6.45) is 0.395. The van der Waals surface area contributed by atoms with Crippen LogP contribution >= 0.6 is 11.8 Å². The lowest BCUT2D eigenvalue weighted by Gasteiger charge is -2.08. The summed E-state index contributed by atoms with van der Waals surface area (Å²) in [6, 6.07) is 11.1. The Labute approximate surface area is 178 Å². The maximum Gasteiger partial charge on any atom is 0.291 e. The van der Waals surface area contributed by atoms with E-state index in [4.69, 9.17) is 13.9 Å². The average molecular weight is 438 g/mol. The number of rotatable bonds is 4. The fourth-order valence-corrected chi connectivity index (χ4v) is 4.24. The van der Waals surface area contributed by atoms with Crippen LogP contribution in [-0.2, 0) is 11.2 Å². The van der Waals surface area contributed by atoms with Gasteiger partial charge in [0.05, 0.1) is 5.25 Å². The van der Waals surface area contributed by atoms with Crippen molar-refractivity contribution in [1.82, 2.24) is 5.32 Å². The van der Waals surface area contributed by atoms with Gasteiger partial charge in [-0.05, 0) is 36.2 Å². The molecule has 0 radical (unpaired) electrons. The van der Waals surface area contributed by atoms with Gasteiger partial charge in [0, 0.05) is 11.8 Å². The van der Waals surface area contributed by atoms with E-state index in [2.05, 4.69) is 10.6 Å². The number of carbonyl (C=O) groups excluding carboxylic acids is 3. The van der Waals surface area contributed by atoms with E-state index in [1.165, 1.54) is 0 Å². The van der Waals surface area contributed by atoms with Gasteiger partial charge < -0.3 is 19.2 Å². The van der Waals surface area contributed by atoms with Crippen LogP contribution in [-0.4, -0.2) is 29.1 Å². The van der Waals surface area contributed by atoms with E-state index in [1.807, 2.05) is 0 Å². The molecule has 2 N–H and O–H groups in total. The third-order valence-corrected chi connectivity index (χ3v) is 5.83. The molecular weight excluding hydrogens is 424 g/mol. The second-order valence-corrected chi connectivity index (χ2v) is 8.06. The molecule has 2 aliphatic heterocycles. The Morgan fingerprint density at radius 3 is 2.65 bits per heavy atom. The lowest BCUT2D eigenvalue weighted by molar-refractivity contribution is -0.118. The third kappa shape index (κ3) is 3.61. The summed E-state index contributed by atoms with van der Waals surface area (Å²) in [5, 5.41) is 4.34. The first-order valence-corrected chi connectivity index (χ1v) is 10.1. The minimum Gasteiger partial charge on any atom is -0.454 e. The van der Waals surface area contributed by atoms with Crippen LogP contribution in [0.15, 0.2) is 51.7 Å². The van der Waals surface area contributed by atoms with E-state index in [9.17, 15) is 19.2 Å². The van der Waals surface area contributed by atoms with Crippen molar-refractivity contribution >= 4 is 45.5 Å². The molecule has 2 aromatic carbocycles. The van der Waals surface area contributed by atoms with E-state index >= 15 is 0 Å². The Kier molecular flexibility index (Phi) is 4.63. The zero-order valence-corrected chi connectivity index (χ0v) is 16.6. The predicted octanol–water partition coefficient (Wildman–Crippen LogP) is 2.67. The number of anilines is 1. The number of benzene rings is 2. The van der Waals surface area contributed by atoms with Gasteiger partial charge in [-0.2, -0.15) is 0 Å². The molecule has 2 aliphatic rings. The van der Waals surface area contributed by atoms with E-state index in [0.29, 0.717) is 23.6 Å². The molecule has 1 saturated heterocycles. The molecule has 3 aromatic rings. The van der Waals surface area contributed by atoms with E-state index < -0.39 is 16.6 Å². The highest BCUT2D eigenvalue weighted by Gasteiger charge is 2.31. The average Bonchev–Trinajstić information content (AvgIpc) is 3.34. The summed E-state index contributed by atoms with van der Waals surface area (Å²) in [6.45, 7) is 0.0204. The topological polar surface area (TPSA) is 124 Å². The molecule has 3 heterocycles. The first-order chi connectivity index (χ1) is 15.0. The van der Waals surface area contributed by atoms with Crippen LogP contribution in [0.5, 0.6) is 11.5 Å². The normalized spacial score (nSPS) is 17.1. The molecule has 10 heteroatoms. The second-order valence-electron chi connectivity index (χ2n) is 6.89. The van der Waals surface area contributed by atoms with Crippen LogP contribution in [0.4, 0.5) is 10.5 Å². The second kappa shape index (κ2) is 7.47. The SMILES string of the molecule is O=C1NC(=O)C(Cc2ccc(NC(=O)c3cc(=O)c4c5c(ccc4o3)OCO5)cc2)S1. The molecule has 3 amide bonds. The summed E-state index contributed by atoms with van der Waals surface area (Å²) in [5.74, 6) is -0.264. The Morgan fingerprint density at radius 1 is 1.10 bits per heavy atom. The largest absolute Gasteiger partial charge is 0.454 e. The molecule has 1 fully saturated rings. The number of amides is 3. The first kappa shape index (κ1) is 19.2. The maximum atomic E-state index is 12.6. The van der Waals surface area contributed by atoms with Crippen molar-refractivity contribution in [2.24, 2.45) is 0 Å². The minimum absolute atomic E-state index is 0.0204. The number of imide groups is 1. The molecule has 0 bridgehead atoms. The highest BCUT2D eigenvalue weighted by Crippen LogP contribution is 2.37. The van der Waals surface area contributed by atoms with Crippen LogP contribution in [0.2, 0.25) is 0 Å². The van der Waals surface area contributed by atoms with Crippen LogP contribution in [0, 0.1) is 0 Å². The number of thioether (sulfide) groups is 1. The molecular formula is C21H14N2O7S. The van der Waals surface area contributed by atoms with Crippen molar-refractivity contribution in [3.05, 3.63) is 64.0 Å². The van der Waals surface area contributed by atoms with Gasteiger partial charge >= 0.3 is 0 Å². The summed E-state index contributed by atoms with van der Waals surface area (Å²) in [7, 11) is 0. The Hall–Kier alpha value is -3.79. The summed E-state index contributed by atoms with van der Waals surface area (Å²) >= 11 is 0.962. The van der Waals surface area contributed by atoms with E-state index in [-0.39, 0.29) is 34.7 Å². The van der Waals surface area contributed by atoms with Gasteiger partial charge in [-0.1, -0.05) is 23.9 Å². The van der Waals surface area contributed by atoms with Gasteiger partial charge in [-0.3, -0.25) is 24.5 Å². The molecule has 0 spiro atoms. The molecule has 31 heavy (non-hydrogen) atoms. The Bertz CT molecular complexity index is 1300. The number of nitrogens with one attached hydrogen (secondary N) is 2. The van der Waals surface area contributed by atoms with Crippen LogP contribution < -0.4 is 25.5 Å². The van der Waals surface area contributed by atoms with Gasteiger partial charge in [0.2, 0.25) is 12.7 Å². The molecule has 5 rings (SSSR count). The summed E-state index contributed by atoms with van der Waals surface area (Å²) in [5.41, 5.74) is 1.14. The van der Waals surface area contributed by atoms with Crippen molar-refractivity contribution in [2.75, 3.05) is 12.1 Å². The number of hydrogen-bond acceptors (Lipinski definition) is 8. The number of fused-ring (bicyclic) bond motifs is 3. The molecule has 0 aliphatic carbocycles. The van der Waals surface area contributed by atoms with Crippen molar-refractivity contribution in [1.29, 1.82) is 0 Å². The first-order valence-electron chi connectivity index (χ1n) is 9.26. The Balaban J connectivity index is 1.32. The predicted molar refractivity (Wildman–Crippen MR) is 112 cm³/mol. The number of carbonyl (C=O) groups is 3. The van der Waals surface area contributed by atoms with Crippen LogP contribution in [0.25, 0.3) is 11.0 Å². The fourth-order valence-electron chi connectivity index (χ4n) is 3.38. The van der Waals surface area contributed by atoms with Crippen molar-refractivity contribution < 1.29 is 28.3 Å². The molecule has 156 valence electrons. The standard InChI is InChI=1S/C21H14N2O7S/c24-12-8-15(30-13-5-6-14-18(17(12)13)29-9-28-14)19(25)22-11-3-1-10(2-4-11)7-16-20(26)23-21(27)31-16/h1-6,8,16H,7,9H2,(H,22,25)(H,23,26,27). The van der Waals surface area contributed by atoms with Gasteiger partial charge in [0.15, 0.2) is 22.7 Å².